The molecule has 1 aliphatic rings. The highest BCUT2D eigenvalue weighted by Crippen LogP contribution is 2.32. The fourth-order valence-corrected chi connectivity index (χ4v) is 5.48. The van der Waals surface area contributed by atoms with E-state index >= 15 is 0 Å². The summed E-state index contributed by atoms with van der Waals surface area (Å²) < 4.78 is 31.7. The van der Waals surface area contributed by atoms with E-state index in [0.29, 0.717) is 24.9 Å². The minimum absolute atomic E-state index is 0.0107. The Morgan fingerprint density at radius 2 is 1.39 bits per heavy atom. The second-order valence-corrected chi connectivity index (χ2v) is 11.8. The Balaban J connectivity index is 0.00000107. The number of amides is 3. The predicted molar refractivity (Wildman–Crippen MR) is 178 cm³/mol. The molecule has 0 spiro atoms. The van der Waals surface area contributed by atoms with Crippen molar-refractivity contribution in [1.29, 1.82) is 5.41 Å². The van der Waals surface area contributed by atoms with Crippen molar-refractivity contribution in [1.82, 2.24) is 10.6 Å². The standard InChI is InChI=1S/C31H44N8O3.C2HF3O2/c32-27(33)23-15-13-21(14-16-23)18-24(22-10-5-2-6-11-22)29(41)39-26(19-20-8-3-1-4-9-20)30(42)38-25(28(34)40)12-7-17-37-31(35)36;3-2(4,5)1(6)7/h1,3-4,8-9,13-16,22,24-26H,2,5-7,10-12,17-19H2,(H3,32,33)(H2,34,40)(H,38,42)(H,39,41)(H4,35,36,37);(H,6,7)/t24?,25-,26-;/m0./s1. The number of benzene rings is 2. The van der Waals surface area contributed by atoms with Crippen LogP contribution in [0.2, 0.25) is 0 Å². The number of amidine groups is 1. The van der Waals surface area contributed by atoms with Gasteiger partial charge in [0.2, 0.25) is 17.7 Å². The second kappa shape index (κ2) is 19.6. The molecule has 0 heterocycles. The molecule has 13 nitrogen and oxygen atoms in total. The normalized spacial score (nSPS) is 14.9. The zero-order valence-corrected chi connectivity index (χ0v) is 27.0. The lowest BCUT2D eigenvalue weighted by atomic mass is 9.76. The van der Waals surface area contributed by atoms with E-state index in [-0.39, 0.29) is 42.4 Å². The molecule has 3 amide bonds. The third-order valence-corrected chi connectivity index (χ3v) is 8.04. The lowest BCUT2D eigenvalue weighted by molar-refractivity contribution is -0.192. The number of aliphatic imine (C=N–C) groups is 1. The van der Waals surface area contributed by atoms with Gasteiger partial charge in [-0.1, -0.05) is 73.9 Å². The third kappa shape index (κ3) is 14.7. The van der Waals surface area contributed by atoms with Crippen LogP contribution in [0.25, 0.3) is 0 Å². The number of guanidine groups is 1. The minimum Gasteiger partial charge on any atom is -0.475 e. The quantitative estimate of drug-likeness (QED) is 0.0778. The fraction of sp³-hybridized carbons (Fsp3) is 0.455. The molecule has 12 N–H and O–H groups in total. The molecule has 0 bridgehead atoms. The van der Waals surface area contributed by atoms with E-state index < -0.39 is 36.0 Å². The van der Waals surface area contributed by atoms with Crippen molar-refractivity contribution in [3.05, 3.63) is 71.3 Å². The molecule has 0 saturated heterocycles. The number of carbonyl (C=O) groups is 4. The molecule has 3 rings (SSSR count). The number of nitrogens with two attached hydrogens (primary N) is 4. The van der Waals surface area contributed by atoms with Gasteiger partial charge in [-0.2, -0.15) is 13.2 Å². The van der Waals surface area contributed by atoms with Crippen LogP contribution >= 0.6 is 0 Å². The summed E-state index contributed by atoms with van der Waals surface area (Å²) in [4.78, 5) is 52.5. The van der Waals surface area contributed by atoms with Crippen LogP contribution < -0.4 is 33.6 Å². The highest BCUT2D eigenvalue weighted by atomic mass is 19.4. The average Bonchev–Trinajstić information content (AvgIpc) is 3.05. The van der Waals surface area contributed by atoms with Crippen LogP contribution in [-0.2, 0) is 32.0 Å². The van der Waals surface area contributed by atoms with E-state index in [2.05, 4.69) is 15.6 Å². The van der Waals surface area contributed by atoms with Crippen molar-refractivity contribution in [2.75, 3.05) is 6.54 Å². The molecule has 1 unspecified atom stereocenters. The van der Waals surface area contributed by atoms with Crippen molar-refractivity contribution < 1.29 is 37.5 Å². The fourth-order valence-electron chi connectivity index (χ4n) is 5.48. The Morgan fingerprint density at radius 1 is 0.837 bits per heavy atom. The third-order valence-electron chi connectivity index (χ3n) is 8.04. The number of carboxylic acid groups (broad SMARTS) is 1. The van der Waals surface area contributed by atoms with Gasteiger partial charge in [-0.05, 0) is 49.1 Å². The first kappa shape index (κ1) is 40.0. The summed E-state index contributed by atoms with van der Waals surface area (Å²) in [6.45, 7) is 0.294. The van der Waals surface area contributed by atoms with E-state index in [1.807, 2.05) is 42.5 Å². The van der Waals surface area contributed by atoms with Gasteiger partial charge in [0.25, 0.3) is 0 Å². The van der Waals surface area contributed by atoms with Gasteiger partial charge < -0.3 is 38.7 Å². The van der Waals surface area contributed by atoms with Crippen LogP contribution in [0.4, 0.5) is 13.2 Å². The van der Waals surface area contributed by atoms with Crippen molar-refractivity contribution in [2.24, 2.45) is 39.8 Å². The lowest BCUT2D eigenvalue weighted by Gasteiger charge is -2.31. The van der Waals surface area contributed by atoms with E-state index in [1.165, 1.54) is 0 Å². The van der Waals surface area contributed by atoms with Gasteiger partial charge in [-0.15, -0.1) is 0 Å². The van der Waals surface area contributed by atoms with E-state index in [9.17, 15) is 27.6 Å². The highest BCUT2D eigenvalue weighted by molar-refractivity contribution is 5.95. The first-order valence-electron chi connectivity index (χ1n) is 15.8. The number of primary amides is 1. The molecule has 2 aromatic carbocycles. The monoisotopic (exact) mass is 690 g/mol. The van der Waals surface area contributed by atoms with E-state index in [4.69, 9.17) is 38.2 Å². The zero-order chi connectivity index (χ0) is 36.6. The van der Waals surface area contributed by atoms with E-state index in [1.54, 1.807) is 12.1 Å². The summed E-state index contributed by atoms with van der Waals surface area (Å²) >= 11 is 0. The number of nitrogen functional groups attached to an aromatic ring is 1. The van der Waals surface area contributed by atoms with Gasteiger partial charge in [-0.25, -0.2) is 4.79 Å². The number of nitrogens with one attached hydrogen (secondary N) is 3. The first-order chi connectivity index (χ1) is 23.1. The highest BCUT2D eigenvalue weighted by Gasteiger charge is 2.38. The molecule has 1 saturated carbocycles. The maximum absolute atomic E-state index is 13.9. The molecular formula is C33H45F3N8O5. The van der Waals surface area contributed by atoms with Gasteiger partial charge >= 0.3 is 12.1 Å². The summed E-state index contributed by atoms with van der Waals surface area (Å²) in [5.41, 5.74) is 24.4. The summed E-state index contributed by atoms with van der Waals surface area (Å²) in [5, 5.41) is 20.6. The van der Waals surface area contributed by atoms with Crippen molar-refractivity contribution in [2.45, 2.75) is 76.0 Å². The topological polar surface area (TPSA) is 253 Å². The van der Waals surface area contributed by atoms with Crippen molar-refractivity contribution in [3.8, 4) is 0 Å². The number of aliphatic carboxylic acids is 1. The van der Waals surface area contributed by atoms with Crippen LogP contribution in [0.1, 0.15) is 61.6 Å². The molecule has 49 heavy (non-hydrogen) atoms. The number of rotatable bonds is 15. The largest absolute Gasteiger partial charge is 0.490 e. The average molecular weight is 691 g/mol. The van der Waals surface area contributed by atoms with Crippen molar-refractivity contribution >= 4 is 35.5 Å². The molecule has 3 atom stereocenters. The smallest absolute Gasteiger partial charge is 0.475 e. The summed E-state index contributed by atoms with van der Waals surface area (Å²) in [5.74, 6) is -4.33. The number of alkyl halides is 3. The maximum atomic E-state index is 13.9. The van der Waals surface area contributed by atoms with Gasteiger partial charge in [0.05, 0.1) is 0 Å². The van der Waals surface area contributed by atoms with Crippen LogP contribution in [0.3, 0.4) is 0 Å². The number of nitrogens with zero attached hydrogens (tertiary/aromatic N) is 1. The SMILES string of the molecule is N=C(N)c1ccc(CC(C(=O)N[C@@H](Cc2ccccc2)C(=O)N[C@@H](CCCN=C(N)N)C(N)=O)C2CCCCC2)cc1.O=C(O)C(F)(F)F. The molecule has 1 aliphatic carbocycles. The predicted octanol–water partition coefficient (Wildman–Crippen LogP) is 2.09. The van der Waals surface area contributed by atoms with Crippen LogP contribution in [0, 0.1) is 17.2 Å². The molecule has 2 aromatic rings. The second-order valence-electron chi connectivity index (χ2n) is 11.8. The molecule has 0 aliphatic heterocycles. The maximum Gasteiger partial charge on any atom is 0.490 e. The minimum atomic E-state index is -5.08. The number of halogens is 3. The van der Waals surface area contributed by atoms with Gasteiger partial charge in [-0.3, -0.25) is 24.8 Å². The Labute approximate surface area is 282 Å². The van der Waals surface area contributed by atoms with E-state index in [0.717, 1.165) is 43.2 Å². The number of hydrogen-bond donors (Lipinski definition) is 8. The Bertz CT molecular complexity index is 1430. The van der Waals surface area contributed by atoms with Crippen LogP contribution in [0.5, 0.6) is 0 Å². The Hall–Kier alpha value is -5.15. The molecular weight excluding hydrogens is 645 g/mol. The molecule has 0 aromatic heterocycles. The van der Waals surface area contributed by atoms with Crippen LogP contribution in [-0.4, -0.2) is 65.4 Å². The summed E-state index contributed by atoms with van der Waals surface area (Å²) in [7, 11) is 0. The number of carboxylic acids is 1. The van der Waals surface area contributed by atoms with Gasteiger partial charge in [0.15, 0.2) is 5.96 Å². The Morgan fingerprint density at radius 3 is 1.90 bits per heavy atom. The molecule has 268 valence electrons. The van der Waals surface area contributed by atoms with Crippen LogP contribution in [0.15, 0.2) is 59.6 Å². The molecule has 0 radical (unpaired) electrons. The van der Waals surface area contributed by atoms with Gasteiger partial charge in [0, 0.05) is 24.4 Å². The molecule has 16 heteroatoms. The number of carbonyl (C=O) groups excluding carboxylic acids is 3. The zero-order valence-electron chi connectivity index (χ0n) is 27.0. The summed E-state index contributed by atoms with van der Waals surface area (Å²) in [6.07, 6.45) is 1.52. The summed E-state index contributed by atoms with van der Waals surface area (Å²) in [6, 6.07) is 14.9. The Kier molecular flexibility index (Phi) is 16.0. The lowest BCUT2D eigenvalue weighted by Crippen LogP contribution is -2.55. The van der Waals surface area contributed by atoms with Crippen molar-refractivity contribution in [3.63, 3.8) is 0 Å². The number of hydrogen-bond acceptors (Lipinski definition) is 6. The van der Waals surface area contributed by atoms with Gasteiger partial charge in [0.1, 0.15) is 17.9 Å². The first-order valence-corrected chi connectivity index (χ1v) is 15.8. The molecule has 1 fully saturated rings.